The number of carbonyl (C=O) groups is 2. The van der Waals surface area contributed by atoms with Crippen molar-refractivity contribution in [2.24, 2.45) is 5.41 Å². The molecule has 22 heavy (non-hydrogen) atoms. The summed E-state index contributed by atoms with van der Waals surface area (Å²) < 4.78 is 38.2. The fourth-order valence-corrected chi connectivity index (χ4v) is 2.23. The molecule has 0 aromatic carbocycles. The molecule has 0 saturated heterocycles. The number of aliphatic hydroxyl groups is 1. The van der Waals surface area contributed by atoms with Crippen molar-refractivity contribution in [3.63, 3.8) is 0 Å². The summed E-state index contributed by atoms with van der Waals surface area (Å²) in [7, 11) is 0. The highest BCUT2D eigenvalue weighted by atomic mass is 19.4. The Morgan fingerprint density at radius 3 is 2.36 bits per heavy atom. The van der Waals surface area contributed by atoms with E-state index in [0.29, 0.717) is 0 Å². The number of carboxylic acid groups (broad SMARTS) is 1. The molecule has 0 aromatic heterocycles. The van der Waals surface area contributed by atoms with E-state index in [2.05, 4.69) is 5.92 Å². The average molecular weight is 316 g/mol. The summed E-state index contributed by atoms with van der Waals surface area (Å²) in [6.07, 6.45) is -3.96. The number of aliphatic carboxylic acids is 1. The third-order valence-electron chi connectivity index (χ3n) is 3.50. The SMILES string of the molecule is CC1=CC(=O)CC(C)(C)C1(O)C#C/C(=C/C(=O)O)C(F)(F)F. The van der Waals surface area contributed by atoms with Gasteiger partial charge in [0.25, 0.3) is 0 Å². The molecule has 0 aliphatic heterocycles. The van der Waals surface area contributed by atoms with E-state index in [1.165, 1.54) is 20.8 Å². The van der Waals surface area contributed by atoms with Crippen LogP contribution in [0.4, 0.5) is 13.2 Å². The number of carbonyl (C=O) groups excluding carboxylic acids is 1. The van der Waals surface area contributed by atoms with Crippen LogP contribution < -0.4 is 0 Å². The number of carboxylic acids is 1. The number of allylic oxidation sites excluding steroid dienone is 2. The number of hydrogen-bond donors (Lipinski definition) is 2. The topological polar surface area (TPSA) is 74.6 Å². The third-order valence-corrected chi connectivity index (χ3v) is 3.50. The van der Waals surface area contributed by atoms with Gasteiger partial charge in [0.05, 0.1) is 0 Å². The second-order valence-electron chi connectivity index (χ2n) is 5.71. The summed E-state index contributed by atoms with van der Waals surface area (Å²) in [5.74, 6) is 1.76. The molecule has 120 valence electrons. The van der Waals surface area contributed by atoms with Crippen LogP contribution in [0, 0.1) is 17.3 Å². The normalized spacial score (nSPS) is 25.1. The van der Waals surface area contributed by atoms with Crippen molar-refractivity contribution in [1.82, 2.24) is 0 Å². The summed E-state index contributed by atoms with van der Waals surface area (Å²) >= 11 is 0. The van der Waals surface area contributed by atoms with Crippen molar-refractivity contribution in [1.29, 1.82) is 0 Å². The van der Waals surface area contributed by atoms with Crippen LogP contribution >= 0.6 is 0 Å². The second kappa shape index (κ2) is 5.61. The molecule has 0 fully saturated rings. The van der Waals surface area contributed by atoms with Gasteiger partial charge in [-0.1, -0.05) is 25.7 Å². The van der Waals surface area contributed by atoms with Crippen molar-refractivity contribution in [2.45, 2.75) is 39.0 Å². The molecule has 0 bridgehead atoms. The number of alkyl halides is 3. The zero-order valence-corrected chi connectivity index (χ0v) is 12.2. The monoisotopic (exact) mass is 316 g/mol. The number of ketones is 1. The lowest BCUT2D eigenvalue weighted by Gasteiger charge is -2.42. The standard InChI is InChI=1S/C15H15F3O4/c1-9-6-11(19)8-13(2,3)14(9,22)5-4-10(7-12(20)21)15(16,17)18/h6-7,22H,8H2,1-3H3,(H,20,21)/b10-7-. The van der Waals surface area contributed by atoms with Gasteiger partial charge in [0.1, 0.15) is 5.57 Å². The minimum absolute atomic E-state index is 0.0591. The predicted molar refractivity (Wildman–Crippen MR) is 71.7 cm³/mol. The van der Waals surface area contributed by atoms with Gasteiger partial charge in [0.2, 0.25) is 0 Å². The first-order chi connectivity index (χ1) is 9.79. The van der Waals surface area contributed by atoms with Gasteiger partial charge in [-0.15, -0.1) is 0 Å². The van der Waals surface area contributed by atoms with Gasteiger partial charge in [0, 0.05) is 17.9 Å². The summed E-state index contributed by atoms with van der Waals surface area (Å²) in [6, 6.07) is 0. The highest BCUT2D eigenvalue weighted by molar-refractivity contribution is 5.93. The Balaban J connectivity index is 3.41. The van der Waals surface area contributed by atoms with E-state index < -0.39 is 28.7 Å². The maximum atomic E-state index is 12.7. The van der Waals surface area contributed by atoms with E-state index in [0.717, 1.165) is 6.08 Å². The quantitative estimate of drug-likeness (QED) is 0.575. The van der Waals surface area contributed by atoms with Crippen LogP contribution in [-0.4, -0.2) is 33.7 Å². The van der Waals surface area contributed by atoms with Crippen molar-refractivity contribution >= 4 is 11.8 Å². The molecule has 1 rings (SSSR count). The lowest BCUT2D eigenvalue weighted by atomic mass is 9.65. The van der Waals surface area contributed by atoms with Crippen molar-refractivity contribution < 1.29 is 33.0 Å². The molecule has 0 saturated carbocycles. The number of halogens is 3. The van der Waals surface area contributed by atoms with Crippen molar-refractivity contribution in [3.05, 3.63) is 23.3 Å². The van der Waals surface area contributed by atoms with Crippen LogP contribution in [0.1, 0.15) is 27.2 Å². The smallest absolute Gasteiger partial charge is 0.424 e. The first-order valence-corrected chi connectivity index (χ1v) is 6.28. The summed E-state index contributed by atoms with van der Waals surface area (Å²) in [6.45, 7) is 4.40. The van der Waals surface area contributed by atoms with Crippen LogP contribution in [-0.2, 0) is 9.59 Å². The Bertz CT molecular complexity index is 629. The second-order valence-corrected chi connectivity index (χ2v) is 5.71. The van der Waals surface area contributed by atoms with Gasteiger partial charge in [0.15, 0.2) is 11.4 Å². The molecule has 4 nitrogen and oxygen atoms in total. The van der Waals surface area contributed by atoms with Crippen LogP contribution in [0.3, 0.4) is 0 Å². The van der Waals surface area contributed by atoms with Gasteiger partial charge in [-0.25, -0.2) is 4.79 Å². The zero-order chi connectivity index (χ0) is 17.3. The van der Waals surface area contributed by atoms with Gasteiger partial charge >= 0.3 is 12.1 Å². The van der Waals surface area contributed by atoms with Crippen molar-refractivity contribution in [3.8, 4) is 11.8 Å². The molecule has 2 N–H and O–H groups in total. The Hall–Kier alpha value is -2.07. The first-order valence-electron chi connectivity index (χ1n) is 6.28. The highest BCUT2D eigenvalue weighted by Gasteiger charge is 2.48. The summed E-state index contributed by atoms with van der Waals surface area (Å²) in [4.78, 5) is 22.0. The molecule has 7 heteroatoms. The molecule has 1 unspecified atom stereocenters. The molecule has 0 spiro atoms. The average Bonchev–Trinajstić information content (AvgIpc) is 2.29. The predicted octanol–water partition coefficient (Wildman–Crippen LogP) is 2.24. The minimum atomic E-state index is -4.95. The largest absolute Gasteiger partial charge is 0.478 e. The Morgan fingerprint density at radius 1 is 1.41 bits per heavy atom. The van der Waals surface area contributed by atoms with Crippen LogP contribution in [0.2, 0.25) is 0 Å². The van der Waals surface area contributed by atoms with E-state index in [9.17, 15) is 27.9 Å². The molecule has 1 aliphatic carbocycles. The van der Waals surface area contributed by atoms with Crippen LogP contribution in [0.15, 0.2) is 23.3 Å². The molecule has 0 amide bonds. The fraction of sp³-hybridized carbons (Fsp3) is 0.467. The maximum absolute atomic E-state index is 12.7. The van der Waals surface area contributed by atoms with E-state index in [-0.39, 0.29) is 23.9 Å². The molecule has 0 aromatic rings. The molecule has 0 heterocycles. The Kier molecular flexibility index (Phi) is 4.59. The van der Waals surface area contributed by atoms with Gasteiger partial charge in [-0.05, 0) is 18.6 Å². The van der Waals surface area contributed by atoms with Gasteiger partial charge in [-0.3, -0.25) is 4.79 Å². The van der Waals surface area contributed by atoms with E-state index >= 15 is 0 Å². The zero-order valence-electron chi connectivity index (χ0n) is 12.2. The number of hydrogen-bond acceptors (Lipinski definition) is 3. The Morgan fingerprint density at radius 2 is 1.95 bits per heavy atom. The third kappa shape index (κ3) is 3.57. The first kappa shape index (κ1) is 18.0. The Labute approximate surface area is 125 Å². The van der Waals surface area contributed by atoms with Crippen LogP contribution in [0.5, 0.6) is 0 Å². The molecule has 1 atom stereocenters. The lowest BCUT2D eigenvalue weighted by Crippen LogP contribution is -2.48. The minimum Gasteiger partial charge on any atom is -0.478 e. The lowest BCUT2D eigenvalue weighted by molar-refractivity contribution is -0.132. The molecule has 1 aliphatic rings. The fourth-order valence-electron chi connectivity index (χ4n) is 2.23. The molecular weight excluding hydrogens is 301 g/mol. The van der Waals surface area contributed by atoms with Crippen molar-refractivity contribution in [2.75, 3.05) is 0 Å². The van der Waals surface area contributed by atoms with E-state index in [1.807, 2.05) is 0 Å². The maximum Gasteiger partial charge on any atom is 0.424 e. The van der Waals surface area contributed by atoms with E-state index in [4.69, 9.17) is 5.11 Å². The molecular formula is C15H15F3O4. The summed E-state index contributed by atoms with van der Waals surface area (Å²) in [5.41, 5.74) is -4.51. The molecule has 0 radical (unpaired) electrons. The van der Waals surface area contributed by atoms with E-state index in [1.54, 1.807) is 5.92 Å². The number of rotatable bonds is 1. The summed E-state index contributed by atoms with van der Waals surface area (Å²) in [5, 5.41) is 19.1. The van der Waals surface area contributed by atoms with Crippen LogP contribution in [0.25, 0.3) is 0 Å². The van der Waals surface area contributed by atoms with Gasteiger partial charge in [-0.2, -0.15) is 13.2 Å². The highest BCUT2D eigenvalue weighted by Crippen LogP contribution is 2.43. The van der Waals surface area contributed by atoms with Gasteiger partial charge < -0.3 is 10.2 Å².